The Hall–Kier alpha value is -3.53. The van der Waals surface area contributed by atoms with Crippen LogP contribution in [0.1, 0.15) is 32.6 Å². The molecule has 1 heterocycles. The molecule has 0 aliphatic carbocycles. The van der Waals surface area contributed by atoms with Crippen LogP contribution in [0.15, 0.2) is 48.5 Å². The minimum Gasteiger partial charge on any atom is -0.392 e. The van der Waals surface area contributed by atoms with E-state index in [0.29, 0.717) is 33.4 Å². The summed E-state index contributed by atoms with van der Waals surface area (Å²) in [6, 6.07) is 11.9. The van der Waals surface area contributed by atoms with Gasteiger partial charge in [0.25, 0.3) is 0 Å². The van der Waals surface area contributed by atoms with Crippen LogP contribution in [0.4, 0.5) is 26.3 Å². The first kappa shape index (κ1) is 22.7. The maximum absolute atomic E-state index is 13.7. The average Bonchev–Trinajstić information content (AvgIpc) is 3.05. The predicted molar refractivity (Wildman–Crippen MR) is 108 cm³/mol. The fraction of sp³-hybridized carbons (Fsp3) is 0.174. The smallest absolute Gasteiger partial charge is 0.392 e. The van der Waals surface area contributed by atoms with Crippen LogP contribution in [0, 0.1) is 6.07 Å². The van der Waals surface area contributed by atoms with E-state index in [1.165, 1.54) is 28.8 Å². The lowest BCUT2D eigenvalue weighted by Crippen LogP contribution is -2.15. The molecule has 3 N–H and O–H groups in total. The van der Waals surface area contributed by atoms with Gasteiger partial charge >= 0.3 is 12.4 Å². The lowest BCUT2D eigenvalue weighted by molar-refractivity contribution is -0.143. The topological polar surface area (TPSA) is 68.2 Å². The van der Waals surface area contributed by atoms with Crippen LogP contribution in [0.2, 0.25) is 0 Å². The summed E-state index contributed by atoms with van der Waals surface area (Å²) in [7, 11) is 0. The number of halogens is 6. The van der Waals surface area contributed by atoms with Gasteiger partial charge in [-0.15, -0.1) is 0 Å². The molecule has 1 aromatic heterocycles. The van der Waals surface area contributed by atoms with Crippen LogP contribution >= 0.6 is 0 Å². The molecule has 3 aromatic carbocycles. The molecular weight excluding hydrogens is 450 g/mol. The first-order chi connectivity index (χ1) is 15.4. The Morgan fingerprint density at radius 3 is 2.33 bits per heavy atom. The van der Waals surface area contributed by atoms with Crippen molar-refractivity contribution in [3.8, 4) is 0 Å². The second-order valence-corrected chi connectivity index (χ2v) is 7.44. The van der Waals surface area contributed by atoms with E-state index < -0.39 is 41.5 Å². The Balaban J connectivity index is 2.01. The lowest BCUT2D eigenvalue weighted by Gasteiger charge is -2.17. The van der Waals surface area contributed by atoms with Crippen LogP contribution in [0.5, 0.6) is 0 Å². The molecule has 0 saturated carbocycles. The Labute approximate surface area is 182 Å². The van der Waals surface area contributed by atoms with Gasteiger partial charge in [-0.05, 0) is 53.6 Å². The normalized spacial score (nSPS) is 12.6. The number of amides is 1. The number of aromatic nitrogens is 1. The molecule has 0 bridgehead atoms. The maximum Gasteiger partial charge on any atom is 0.416 e. The van der Waals surface area contributed by atoms with Gasteiger partial charge in [-0.25, -0.2) is 0 Å². The fourth-order valence-corrected chi connectivity index (χ4v) is 3.89. The zero-order valence-electron chi connectivity index (χ0n) is 16.7. The van der Waals surface area contributed by atoms with E-state index in [1.807, 2.05) is 0 Å². The molecule has 4 aromatic rings. The van der Waals surface area contributed by atoms with Gasteiger partial charge in [0.2, 0.25) is 5.91 Å². The zero-order valence-corrected chi connectivity index (χ0v) is 16.7. The molecule has 0 aliphatic rings. The minimum atomic E-state index is -5.03. The molecule has 1 radical (unpaired) electrons. The number of rotatable bonds is 4. The number of hydrogen-bond acceptors (Lipinski definition) is 2. The number of aliphatic hydroxyl groups excluding tert-OH is 1. The molecule has 10 heteroatoms. The number of benzene rings is 3. The SMILES string of the molecule is NC(=O)c1cccc2c1c1[c]cc(CO)cc1n2Cc1ccc(C(F)(F)F)cc1C(F)(F)F. The van der Waals surface area contributed by atoms with Crippen molar-refractivity contribution in [1.82, 2.24) is 4.57 Å². The monoisotopic (exact) mass is 465 g/mol. The molecule has 1 amide bonds. The highest BCUT2D eigenvalue weighted by atomic mass is 19.4. The molecule has 4 nitrogen and oxygen atoms in total. The summed E-state index contributed by atoms with van der Waals surface area (Å²) >= 11 is 0. The third-order valence-corrected chi connectivity index (χ3v) is 5.37. The molecule has 0 fully saturated rings. The van der Waals surface area contributed by atoms with Crippen molar-refractivity contribution in [2.75, 3.05) is 0 Å². The average molecular weight is 465 g/mol. The summed E-state index contributed by atoms with van der Waals surface area (Å²) < 4.78 is 81.6. The van der Waals surface area contributed by atoms with Crippen LogP contribution in [0.25, 0.3) is 21.8 Å². The van der Waals surface area contributed by atoms with E-state index in [2.05, 4.69) is 6.07 Å². The largest absolute Gasteiger partial charge is 0.416 e. The second kappa shape index (κ2) is 7.80. The van der Waals surface area contributed by atoms with Crippen LogP contribution in [-0.4, -0.2) is 15.6 Å². The van der Waals surface area contributed by atoms with Crippen molar-refractivity contribution in [2.24, 2.45) is 5.73 Å². The van der Waals surface area contributed by atoms with Gasteiger partial charge in [0.05, 0.1) is 28.8 Å². The maximum atomic E-state index is 13.7. The van der Waals surface area contributed by atoms with E-state index >= 15 is 0 Å². The lowest BCUT2D eigenvalue weighted by atomic mass is 10.0. The number of nitrogens with zero attached hydrogens (tertiary/aromatic N) is 1. The van der Waals surface area contributed by atoms with Gasteiger partial charge in [-0.3, -0.25) is 4.79 Å². The van der Waals surface area contributed by atoms with Crippen molar-refractivity contribution in [3.05, 3.63) is 82.4 Å². The number of carbonyl (C=O) groups excluding carboxylic acids is 1. The summed E-state index contributed by atoms with van der Waals surface area (Å²) in [5.74, 6) is -0.759. The number of aliphatic hydroxyl groups is 1. The van der Waals surface area contributed by atoms with E-state index in [4.69, 9.17) is 5.73 Å². The first-order valence-electron chi connectivity index (χ1n) is 9.55. The summed E-state index contributed by atoms with van der Waals surface area (Å²) in [5, 5.41) is 10.2. The molecule has 171 valence electrons. The number of carbonyl (C=O) groups is 1. The van der Waals surface area contributed by atoms with Gasteiger partial charge in [0.1, 0.15) is 0 Å². The third kappa shape index (κ3) is 4.02. The van der Waals surface area contributed by atoms with Crippen LogP contribution in [-0.2, 0) is 25.5 Å². The summed E-state index contributed by atoms with van der Waals surface area (Å²) in [6.45, 7) is -0.817. The summed E-state index contributed by atoms with van der Waals surface area (Å²) in [6.07, 6.45) is -9.97. The first-order valence-corrected chi connectivity index (χ1v) is 9.55. The minimum absolute atomic E-state index is 0.0866. The highest BCUT2D eigenvalue weighted by molar-refractivity contribution is 6.17. The molecule has 4 rings (SSSR count). The highest BCUT2D eigenvalue weighted by Gasteiger charge is 2.38. The van der Waals surface area contributed by atoms with Gasteiger partial charge in [0.15, 0.2) is 0 Å². The molecule has 0 atom stereocenters. The van der Waals surface area contributed by atoms with Gasteiger partial charge < -0.3 is 15.4 Å². The molecule has 0 aliphatic heterocycles. The van der Waals surface area contributed by atoms with Gasteiger partial charge in [-0.1, -0.05) is 12.1 Å². The number of nitrogens with two attached hydrogens (primary N) is 1. The zero-order chi connectivity index (χ0) is 24.1. The second-order valence-electron chi connectivity index (χ2n) is 7.44. The highest BCUT2D eigenvalue weighted by Crippen LogP contribution is 2.39. The van der Waals surface area contributed by atoms with Gasteiger partial charge in [-0.2, -0.15) is 26.3 Å². The number of primary amides is 1. The van der Waals surface area contributed by atoms with Crippen molar-refractivity contribution >= 4 is 27.7 Å². The standard InChI is InChI=1S/C23H15F6N2O2/c24-22(25,26)14-6-5-13(17(9-14)23(27,28)29)10-31-18-3-1-2-16(21(30)33)20(18)15-7-4-12(11-32)8-19(15)31/h1-6,8-9,32H,10-11H2,(H2,30,33). The quantitative estimate of drug-likeness (QED) is 0.403. The number of alkyl halides is 6. The Morgan fingerprint density at radius 1 is 1.00 bits per heavy atom. The summed E-state index contributed by atoms with van der Waals surface area (Å²) in [4.78, 5) is 12.0. The fourth-order valence-electron chi connectivity index (χ4n) is 3.89. The van der Waals surface area contributed by atoms with E-state index in [9.17, 15) is 36.2 Å². The number of hydrogen-bond donors (Lipinski definition) is 2. The molecule has 33 heavy (non-hydrogen) atoms. The van der Waals surface area contributed by atoms with E-state index in [1.54, 1.807) is 6.07 Å². The van der Waals surface area contributed by atoms with E-state index in [0.717, 1.165) is 6.07 Å². The van der Waals surface area contributed by atoms with Gasteiger partial charge in [0, 0.05) is 22.9 Å². The Bertz CT molecular complexity index is 1390. The third-order valence-electron chi connectivity index (χ3n) is 5.37. The van der Waals surface area contributed by atoms with E-state index in [-0.39, 0.29) is 18.2 Å². The number of fused-ring (bicyclic) bond motifs is 3. The van der Waals surface area contributed by atoms with Crippen LogP contribution in [0.3, 0.4) is 0 Å². The van der Waals surface area contributed by atoms with Crippen molar-refractivity contribution < 1.29 is 36.2 Å². The molecular formula is C23H15F6N2O2. The summed E-state index contributed by atoms with van der Waals surface area (Å²) in [5.41, 5.74) is 3.47. The Kier molecular flexibility index (Phi) is 5.36. The Morgan fingerprint density at radius 2 is 1.73 bits per heavy atom. The molecule has 0 spiro atoms. The van der Waals surface area contributed by atoms with Crippen molar-refractivity contribution in [2.45, 2.75) is 25.5 Å². The van der Waals surface area contributed by atoms with Crippen molar-refractivity contribution in [1.29, 1.82) is 0 Å². The van der Waals surface area contributed by atoms with Crippen LogP contribution < -0.4 is 5.73 Å². The molecule has 0 saturated heterocycles. The predicted octanol–water partition coefficient (Wildman–Crippen LogP) is 5.27. The molecule has 0 unspecified atom stereocenters. The van der Waals surface area contributed by atoms with Crippen molar-refractivity contribution in [3.63, 3.8) is 0 Å².